The highest BCUT2D eigenvalue weighted by molar-refractivity contribution is 6.05. The van der Waals surface area contributed by atoms with Crippen molar-refractivity contribution in [3.63, 3.8) is 0 Å². The average molecular weight is 257 g/mol. The number of anilines is 1. The predicted octanol–water partition coefficient (Wildman–Crippen LogP) is 1.33. The van der Waals surface area contributed by atoms with Gasteiger partial charge in [-0.15, -0.1) is 0 Å². The van der Waals surface area contributed by atoms with Gasteiger partial charge in [-0.25, -0.2) is 9.97 Å². The van der Waals surface area contributed by atoms with Crippen molar-refractivity contribution in [2.24, 2.45) is 0 Å². The minimum atomic E-state index is -0.430. The number of imidazole rings is 1. The molecule has 7 heteroatoms. The summed E-state index contributed by atoms with van der Waals surface area (Å²) in [4.78, 5) is 22.5. The van der Waals surface area contributed by atoms with E-state index < -0.39 is 5.91 Å². The largest absolute Gasteiger partial charge is 0.477 e. The van der Waals surface area contributed by atoms with Gasteiger partial charge in [0.25, 0.3) is 5.91 Å². The van der Waals surface area contributed by atoms with Crippen molar-refractivity contribution in [3.8, 4) is 11.9 Å². The summed E-state index contributed by atoms with van der Waals surface area (Å²) in [5, 5.41) is 11.4. The van der Waals surface area contributed by atoms with E-state index in [0.717, 1.165) is 0 Å². The van der Waals surface area contributed by atoms with E-state index in [1.54, 1.807) is 19.1 Å². The summed E-state index contributed by atoms with van der Waals surface area (Å²) in [6.07, 6.45) is 2.87. The molecule has 0 fully saturated rings. The lowest BCUT2D eigenvalue weighted by molar-refractivity contribution is 0.102. The van der Waals surface area contributed by atoms with E-state index in [0.29, 0.717) is 6.61 Å². The molecule has 0 spiro atoms. The smallest absolute Gasteiger partial charge is 0.262 e. The molecule has 96 valence electrons. The van der Waals surface area contributed by atoms with Gasteiger partial charge in [-0.3, -0.25) is 4.79 Å². The van der Waals surface area contributed by atoms with Crippen molar-refractivity contribution in [1.29, 1.82) is 5.26 Å². The van der Waals surface area contributed by atoms with Crippen LogP contribution in [0.1, 0.15) is 23.0 Å². The molecule has 0 bridgehead atoms. The molecular weight excluding hydrogens is 246 g/mol. The van der Waals surface area contributed by atoms with E-state index >= 15 is 0 Å². The van der Waals surface area contributed by atoms with E-state index in [1.165, 1.54) is 12.5 Å². The highest BCUT2D eigenvalue weighted by Crippen LogP contribution is 2.17. The van der Waals surface area contributed by atoms with E-state index in [-0.39, 0.29) is 23.0 Å². The first-order valence-corrected chi connectivity index (χ1v) is 5.59. The number of ether oxygens (including phenoxy) is 1. The van der Waals surface area contributed by atoms with Crippen molar-refractivity contribution in [3.05, 3.63) is 35.9 Å². The SMILES string of the molecule is CCOc1ncccc1C(=O)Nc1nc[nH]c1C#N. The van der Waals surface area contributed by atoms with E-state index in [1.807, 2.05) is 6.07 Å². The third-order valence-electron chi connectivity index (χ3n) is 2.28. The molecular formula is C12H11N5O2. The van der Waals surface area contributed by atoms with Crippen molar-refractivity contribution in [2.45, 2.75) is 6.92 Å². The maximum Gasteiger partial charge on any atom is 0.262 e. The summed E-state index contributed by atoms with van der Waals surface area (Å²) in [6, 6.07) is 5.11. The number of H-pyrrole nitrogens is 1. The molecule has 2 N–H and O–H groups in total. The molecule has 2 rings (SSSR count). The molecule has 2 aromatic heterocycles. The molecule has 0 radical (unpaired) electrons. The molecule has 0 aliphatic carbocycles. The fraction of sp³-hybridized carbons (Fsp3) is 0.167. The monoisotopic (exact) mass is 257 g/mol. The zero-order valence-corrected chi connectivity index (χ0v) is 10.2. The molecule has 0 atom stereocenters. The Kier molecular flexibility index (Phi) is 3.73. The lowest BCUT2D eigenvalue weighted by Crippen LogP contribution is -2.15. The predicted molar refractivity (Wildman–Crippen MR) is 66.7 cm³/mol. The van der Waals surface area contributed by atoms with Crippen LogP contribution in [0.5, 0.6) is 5.88 Å². The molecule has 0 aromatic carbocycles. The summed E-state index contributed by atoms with van der Waals surface area (Å²) < 4.78 is 5.27. The number of hydrogen-bond acceptors (Lipinski definition) is 5. The third kappa shape index (κ3) is 2.69. The first-order chi connectivity index (χ1) is 9.26. The van der Waals surface area contributed by atoms with Gasteiger partial charge in [-0.05, 0) is 19.1 Å². The number of nitrogens with zero attached hydrogens (tertiary/aromatic N) is 3. The van der Waals surface area contributed by atoms with Gasteiger partial charge in [0.05, 0.1) is 12.9 Å². The van der Waals surface area contributed by atoms with E-state index in [2.05, 4.69) is 20.3 Å². The number of aromatic amines is 1. The molecule has 0 aliphatic rings. The van der Waals surface area contributed by atoms with Gasteiger partial charge in [0.1, 0.15) is 11.6 Å². The quantitative estimate of drug-likeness (QED) is 0.859. The van der Waals surface area contributed by atoms with Crippen molar-refractivity contribution in [2.75, 3.05) is 11.9 Å². The molecule has 0 aliphatic heterocycles. The molecule has 7 nitrogen and oxygen atoms in total. The van der Waals surface area contributed by atoms with E-state index in [4.69, 9.17) is 10.00 Å². The number of carbonyl (C=O) groups is 1. The first kappa shape index (κ1) is 12.6. The molecule has 0 unspecified atom stereocenters. The maximum atomic E-state index is 12.1. The fourth-order valence-electron chi connectivity index (χ4n) is 1.46. The van der Waals surface area contributed by atoms with Crippen LogP contribution in [-0.2, 0) is 0 Å². The number of nitriles is 1. The molecule has 0 saturated carbocycles. The second-order valence-corrected chi connectivity index (χ2v) is 3.48. The normalized spacial score (nSPS) is 9.68. The Bertz CT molecular complexity index is 629. The molecule has 1 amide bonds. The van der Waals surface area contributed by atoms with Gasteiger partial charge in [0.2, 0.25) is 5.88 Å². The van der Waals surface area contributed by atoms with Gasteiger partial charge < -0.3 is 15.0 Å². The van der Waals surface area contributed by atoms with Crippen LogP contribution in [0.15, 0.2) is 24.7 Å². The Balaban J connectivity index is 2.23. The number of aromatic nitrogens is 3. The highest BCUT2D eigenvalue weighted by Gasteiger charge is 2.16. The Morgan fingerprint density at radius 1 is 1.58 bits per heavy atom. The van der Waals surface area contributed by atoms with Gasteiger partial charge in [-0.2, -0.15) is 5.26 Å². The number of amides is 1. The second kappa shape index (κ2) is 5.64. The van der Waals surface area contributed by atoms with Crippen LogP contribution in [0.4, 0.5) is 5.82 Å². The number of nitrogens with one attached hydrogen (secondary N) is 2. The highest BCUT2D eigenvalue weighted by atomic mass is 16.5. The Hall–Kier alpha value is -2.88. The minimum absolute atomic E-state index is 0.179. The van der Waals surface area contributed by atoms with Gasteiger partial charge in [0, 0.05) is 6.20 Å². The summed E-state index contributed by atoms with van der Waals surface area (Å²) in [5.41, 5.74) is 0.478. The Labute approximate surface area is 109 Å². The van der Waals surface area contributed by atoms with E-state index in [9.17, 15) is 4.79 Å². The molecule has 2 aromatic rings. The van der Waals surface area contributed by atoms with Gasteiger partial charge >= 0.3 is 0 Å². The van der Waals surface area contributed by atoms with Crippen LogP contribution in [-0.4, -0.2) is 27.5 Å². The van der Waals surface area contributed by atoms with Crippen molar-refractivity contribution < 1.29 is 9.53 Å². The first-order valence-electron chi connectivity index (χ1n) is 5.59. The lowest BCUT2D eigenvalue weighted by Gasteiger charge is -2.07. The summed E-state index contributed by atoms with van der Waals surface area (Å²) in [5.74, 6) is -0.00417. The molecule has 0 saturated heterocycles. The van der Waals surface area contributed by atoms with Crippen molar-refractivity contribution >= 4 is 11.7 Å². The van der Waals surface area contributed by atoms with Crippen LogP contribution >= 0.6 is 0 Å². The third-order valence-corrected chi connectivity index (χ3v) is 2.28. The van der Waals surface area contributed by atoms with Crippen LogP contribution < -0.4 is 10.1 Å². The van der Waals surface area contributed by atoms with Gasteiger partial charge in [0.15, 0.2) is 11.5 Å². The summed E-state index contributed by atoms with van der Waals surface area (Å²) in [7, 11) is 0. The number of carbonyl (C=O) groups excluding carboxylic acids is 1. The zero-order valence-electron chi connectivity index (χ0n) is 10.2. The van der Waals surface area contributed by atoms with Crippen LogP contribution in [0, 0.1) is 11.3 Å². The van der Waals surface area contributed by atoms with Crippen LogP contribution in [0.25, 0.3) is 0 Å². The number of pyridine rings is 1. The lowest BCUT2D eigenvalue weighted by atomic mass is 10.2. The van der Waals surface area contributed by atoms with Gasteiger partial charge in [-0.1, -0.05) is 0 Å². The zero-order chi connectivity index (χ0) is 13.7. The Morgan fingerprint density at radius 3 is 3.16 bits per heavy atom. The fourth-order valence-corrected chi connectivity index (χ4v) is 1.46. The topological polar surface area (TPSA) is 104 Å². The summed E-state index contributed by atoms with van der Waals surface area (Å²) >= 11 is 0. The molecule has 2 heterocycles. The standard InChI is InChI=1S/C12H11N5O2/c1-2-19-12-8(4-3-5-14-12)11(18)17-10-9(6-13)15-7-16-10/h3-5,7H,2H2,1H3,(H,15,16)(H,17,18). The molecule has 19 heavy (non-hydrogen) atoms. The number of hydrogen-bond donors (Lipinski definition) is 2. The maximum absolute atomic E-state index is 12.1. The summed E-state index contributed by atoms with van der Waals surface area (Å²) in [6.45, 7) is 2.21. The van der Waals surface area contributed by atoms with Crippen LogP contribution in [0.3, 0.4) is 0 Å². The van der Waals surface area contributed by atoms with Crippen LogP contribution in [0.2, 0.25) is 0 Å². The second-order valence-electron chi connectivity index (χ2n) is 3.48. The van der Waals surface area contributed by atoms with Crippen molar-refractivity contribution in [1.82, 2.24) is 15.0 Å². The Morgan fingerprint density at radius 2 is 2.42 bits per heavy atom. The number of rotatable bonds is 4. The average Bonchev–Trinajstić information content (AvgIpc) is 2.87. The minimum Gasteiger partial charge on any atom is -0.477 e.